The summed E-state index contributed by atoms with van der Waals surface area (Å²) in [5.41, 5.74) is 1.36. The van der Waals surface area contributed by atoms with Crippen molar-refractivity contribution in [2.45, 2.75) is 5.16 Å². The molecule has 2 aromatic rings. The molecule has 0 bridgehead atoms. The quantitative estimate of drug-likeness (QED) is 0.398. The molecule has 2 rings (SSSR count). The van der Waals surface area contributed by atoms with Crippen molar-refractivity contribution in [2.24, 2.45) is 0 Å². The second-order valence-electron chi connectivity index (χ2n) is 1.99. The Balaban J connectivity index is 2.54. The van der Waals surface area contributed by atoms with E-state index in [4.69, 9.17) is 5.26 Å². The first-order valence-electron chi connectivity index (χ1n) is 3.12. The van der Waals surface area contributed by atoms with Crippen LogP contribution in [0.3, 0.4) is 0 Å². The number of hydrogen-bond donors (Lipinski definition) is 1. The Kier molecular flexibility index (Phi) is 1.64. The molecule has 58 valence electrons. The van der Waals surface area contributed by atoms with Crippen molar-refractivity contribution >= 4 is 22.9 Å². The minimum Gasteiger partial charge on any atom is -0.342 e. The predicted octanol–water partition coefficient (Wildman–Crippen LogP) is 0.926. The number of hydrogen-bond acceptors (Lipinski definition) is 5. The predicted molar refractivity (Wildman–Crippen MR) is 43.2 cm³/mol. The van der Waals surface area contributed by atoms with Gasteiger partial charge in [0, 0.05) is 11.8 Å². The molecule has 5 nitrogen and oxygen atoms in total. The molecule has 12 heavy (non-hydrogen) atoms. The van der Waals surface area contributed by atoms with E-state index in [2.05, 4.69) is 19.9 Å². The summed E-state index contributed by atoms with van der Waals surface area (Å²) in [6.07, 6.45) is 3.15. The number of nitrogens with one attached hydrogen (secondary N) is 1. The summed E-state index contributed by atoms with van der Waals surface area (Å²) < 4.78 is 0. The van der Waals surface area contributed by atoms with E-state index >= 15 is 0 Å². The summed E-state index contributed by atoms with van der Waals surface area (Å²) >= 11 is 0.923. The largest absolute Gasteiger partial charge is 0.342 e. The molecule has 0 aliphatic rings. The maximum absolute atomic E-state index is 8.35. The van der Waals surface area contributed by atoms with E-state index in [1.54, 1.807) is 12.5 Å². The topological polar surface area (TPSA) is 78.2 Å². The summed E-state index contributed by atoms with van der Waals surface area (Å²) in [7, 11) is 0. The maximum atomic E-state index is 8.35. The van der Waals surface area contributed by atoms with Gasteiger partial charge in [0.15, 0.2) is 5.65 Å². The van der Waals surface area contributed by atoms with Crippen LogP contribution in [0.25, 0.3) is 11.2 Å². The first kappa shape index (κ1) is 7.06. The van der Waals surface area contributed by atoms with Crippen LogP contribution in [-0.4, -0.2) is 19.9 Å². The zero-order chi connectivity index (χ0) is 8.39. The zero-order valence-electron chi connectivity index (χ0n) is 5.85. The van der Waals surface area contributed by atoms with E-state index < -0.39 is 0 Å². The molecule has 0 radical (unpaired) electrons. The summed E-state index contributed by atoms with van der Waals surface area (Å²) in [6.45, 7) is 0. The molecule has 0 unspecified atom stereocenters. The molecule has 1 N–H and O–H groups in total. The lowest BCUT2D eigenvalue weighted by molar-refractivity contribution is 0.998. The Hall–Kier alpha value is -1.61. The number of aromatic amines is 1. The van der Waals surface area contributed by atoms with Crippen LogP contribution in [-0.2, 0) is 0 Å². The van der Waals surface area contributed by atoms with E-state index in [-0.39, 0.29) is 0 Å². The van der Waals surface area contributed by atoms with Crippen molar-refractivity contribution in [2.75, 3.05) is 0 Å². The van der Waals surface area contributed by atoms with Crippen LogP contribution in [0.4, 0.5) is 0 Å². The van der Waals surface area contributed by atoms with Crippen LogP contribution >= 0.6 is 11.8 Å². The number of thioether (sulfide) groups is 1. The van der Waals surface area contributed by atoms with E-state index in [1.165, 1.54) is 0 Å². The average Bonchev–Trinajstić information content (AvgIpc) is 2.51. The fraction of sp³-hybridized carbons (Fsp3) is 0. The normalized spacial score (nSPS) is 9.92. The lowest BCUT2D eigenvalue weighted by Gasteiger charge is -1.89. The fourth-order valence-electron chi connectivity index (χ4n) is 0.810. The van der Waals surface area contributed by atoms with Crippen LogP contribution in [0.5, 0.6) is 0 Å². The van der Waals surface area contributed by atoms with Crippen LogP contribution in [0.1, 0.15) is 0 Å². The number of nitriles is 1. The molecule has 0 aliphatic carbocycles. The van der Waals surface area contributed by atoms with Gasteiger partial charge in [-0.1, -0.05) is 0 Å². The van der Waals surface area contributed by atoms with Crippen molar-refractivity contribution in [3.8, 4) is 5.40 Å². The van der Waals surface area contributed by atoms with E-state index in [0.717, 1.165) is 17.3 Å². The van der Waals surface area contributed by atoms with Gasteiger partial charge in [0.1, 0.15) is 10.9 Å². The number of H-pyrrole nitrogens is 1. The summed E-state index contributed by atoms with van der Waals surface area (Å²) in [4.78, 5) is 14.7. The third-order valence-electron chi connectivity index (χ3n) is 1.29. The molecule has 0 atom stereocenters. The molecule has 0 saturated carbocycles. The minimum absolute atomic E-state index is 0.428. The monoisotopic (exact) mass is 177 g/mol. The second kappa shape index (κ2) is 2.79. The molecule has 0 amide bonds. The Morgan fingerprint density at radius 1 is 1.50 bits per heavy atom. The molecule has 6 heteroatoms. The van der Waals surface area contributed by atoms with E-state index in [1.807, 2.05) is 5.40 Å². The molecular formula is C6H3N5S. The molecule has 0 aromatic carbocycles. The lowest BCUT2D eigenvalue weighted by Crippen LogP contribution is -1.84. The molecule has 0 saturated heterocycles. The van der Waals surface area contributed by atoms with Crippen LogP contribution in [0.2, 0.25) is 0 Å². The van der Waals surface area contributed by atoms with Crippen LogP contribution in [0, 0.1) is 10.7 Å². The molecule has 2 aromatic heterocycles. The summed E-state index contributed by atoms with van der Waals surface area (Å²) in [5, 5.41) is 10.7. The average molecular weight is 177 g/mol. The Morgan fingerprint density at radius 3 is 3.25 bits per heavy atom. The third-order valence-corrected chi connectivity index (χ3v) is 1.76. The van der Waals surface area contributed by atoms with Gasteiger partial charge in [0.2, 0.25) is 5.16 Å². The smallest absolute Gasteiger partial charge is 0.204 e. The second-order valence-corrected chi connectivity index (χ2v) is 2.74. The molecule has 2 heterocycles. The van der Waals surface area contributed by atoms with Gasteiger partial charge in [-0.2, -0.15) is 10.2 Å². The molecular weight excluding hydrogens is 174 g/mol. The zero-order valence-corrected chi connectivity index (χ0v) is 6.67. The summed E-state index contributed by atoms with van der Waals surface area (Å²) in [5.74, 6) is 0. The number of aromatic nitrogens is 4. The van der Waals surface area contributed by atoms with Gasteiger partial charge in [-0.15, -0.1) is 0 Å². The van der Waals surface area contributed by atoms with Crippen LogP contribution in [0.15, 0.2) is 17.7 Å². The number of rotatable bonds is 1. The SMILES string of the molecule is N#CSc1ncc2[nH]cnc2n1. The fourth-order valence-corrected chi connectivity index (χ4v) is 1.13. The van der Waals surface area contributed by atoms with Gasteiger partial charge in [-0.05, 0) is 0 Å². The van der Waals surface area contributed by atoms with Crippen molar-refractivity contribution in [1.29, 1.82) is 5.26 Å². The van der Waals surface area contributed by atoms with Crippen LogP contribution < -0.4 is 0 Å². The number of nitrogens with zero attached hydrogens (tertiary/aromatic N) is 4. The van der Waals surface area contributed by atoms with Crippen molar-refractivity contribution < 1.29 is 0 Å². The van der Waals surface area contributed by atoms with Gasteiger partial charge in [0.05, 0.1) is 12.5 Å². The number of thiocyanates is 1. The van der Waals surface area contributed by atoms with Gasteiger partial charge in [-0.25, -0.2) is 9.97 Å². The molecule has 0 aliphatic heterocycles. The standard InChI is InChI=1S/C6H3N5S/c7-2-12-6-8-1-4-5(11-6)10-3-9-4/h1,3H,(H,8,9,10,11). The van der Waals surface area contributed by atoms with Crippen molar-refractivity contribution in [1.82, 2.24) is 19.9 Å². The third kappa shape index (κ3) is 1.10. The summed E-state index contributed by atoms with van der Waals surface area (Å²) in [6, 6.07) is 0. The highest BCUT2D eigenvalue weighted by Gasteiger charge is 2.00. The molecule has 0 spiro atoms. The van der Waals surface area contributed by atoms with Gasteiger partial charge < -0.3 is 4.98 Å². The maximum Gasteiger partial charge on any atom is 0.204 e. The Morgan fingerprint density at radius 2 is 2.42 bits per heavy atom. The van der Waals surface area contributed by atoms with E-state index in [9.17, 15) is 0 Å². The minimum atomic E-state index is 0.428. The van der Waals surface area contributed by atoms with E-state index in [0.29, 0.717) is 10.8 Å². The van der Waals surface area contributed by atoms with Gasteiger partial charge in [0.25, 0.3) is 0 Å². The number of fused-ring (bicyclic) bond motifs is 1. The lowest BCUT2D eigenvalue weighted by atomic mass is 10.6. The highest BCUT2D eigenvalue weighted by molar-refractivity contribution is 8.03. The molecule has 0 fully saturated rings. The van der Waals surface area contributed by atoms with Crippen molar-refractivity contribution in [3.05, 3.63) is 12.5 Å². The van der Waals surface area contributed by atoms with Gasteiger partial charge >= 0.3 is 0 Å². The van der Waals surface area contributed by atoms with Gasteiger partial charge in [-0.3, -0.25) is 0 Å². The Bertz CT molecular complexity index is 442. The highest BCUT2D eigenvalue weighted by atomic mass is 32.2. The Labute approximate surface area is 71.9 Å². The first-order chi connectivity index (χ1) is 5.90. The van der Waals surface area contributed by atoms with Crippen molar-refractivity contribution in [3.63, 3.8) is 0 Å². The number of imidazole rings is 1. The highest BCUT2D eigenvalue weighted by Crippen LogP contribution is 2.12. The first-order valence-corrected chi connectivity index (χ1v) is 3.94.